The Morgan fingerprint density at radius 3 is 2.84 bits per heavy atom. The Morgan fingerprint density at radius 1 is 1.37 bits per heavy atom. The number of hydrogen-bond donors (Lipinski definition) is 1. The molecular weight excluding hydrogens is 514 g/mol. The minimum Gasteiger partial charge on any atom is -0.482 e. The number of fused-ring (bicyclic) bond motifs is 1. The number of thioether (sulfide) groups is 1. The lowest BCUT2D eigenvalue weighted by Gasteiger charge is -2.36. The lowest BCUT2D eigenvalue weighted by molar-refractivity contribution is -0.113. The zero-order chi connectivity index (χ0) is 27.6. The van der Waals surface area contributed by atoms with E-state index in [-0.39, 0.29) is 23.2 Å². The largest absolute Gasteiger partial charge is 0.482 e. The molecule has 7 nitrogen and oxygen atoms in total. The van der Waals surface area contributed by atoms with Crippen molar-refractivity contribution in [1.29, 1.82) is 5.26 Å². The van der Waals surface area contributed by atoms with Crippen molar-refractivity contribution in [2.75, 3.05) is 11.1 Å². The number of benzene rings is 1. The van der Waals surface area contributed by atoms with Crippen LogP contribution in [-0.4, -0.2) is 26.4 Å². The second-order valence-electron chi connectivity index (χ2n) is 10.8. The van der Waals surface area contributed by atoms with Crippen molar-refractivity contribution >= 4 is 34.0 Å². The molecule has 0 spiro atoms. The first-order valence-electron chi connectivity index (χ1n) is 13.1. The summed E-state index contributed by atoms with van der Waals surface area (Å²) in [6, 6.07) is 8.35. The number of amides is 1. The predicted molar refractivity (Wildman–Crippen MR) is 154 cm³/mol. The second kappa shape index (κ2) is 11.5. The van der Waals surface area contributed by atoms with Gasteiger partial charge in [0.15, 0.2) is 17.1 Å². The Balaban J connectivity index is 1.39. The molecule has 9 heteroatoms. The number of thiophene rings is 1. The van der Waals surface area contributed by atoms with Crippen LogP contribution in [0, 0.1) is 36.5 Å². The van der Waals surface area contributed by atoms with Crippen molar-refractivity contribution in [3.8, 4) is 11.8 Å². The van der Waals surface area contributed by atoms with E-state index in [1.807, 2.05) is 37.6 Å². The minimum absolute atomic E-state index is 0.153. The number of nitrogens with zero attached hydrogens (tertiary/aromatic N) is 4. The highest BCUT2D eigenvalue weighted by Gasteiger charge is 2.34. The molecule has 0 bridgehead atoms. The van der Waals surface area contributed by atoms with Crippen LogP contribution in [0.4, 0.5) is 5.00 Å². The number of rotatable bonds is 9. The number of aryl methyl sites for hydroxylation is 1. The van der Waals surface area contributed by atoms with Gasteiger partial charge < -0.3 is 14.6 Å². The smallest absolute Gasteiger partial charge is 0.235 e. The average Bonchev–Trinajstić information content (AvgIpc) is 3.43. The number of hydrogen-bond acceptors (Lipinski definition) is 7. The Bertz CT molecular complexity index is 1370. The molecule has 0 aliphatic heterocycles. The van der Waals surface area contributed by atoms with Crippen LogP contribution >= 0.6 is 23.1 Å². The third kappa shape index (κ3) is 5.76. The molecule has 38 heavy (non-hydrogen) atoms. The standard InChI is InChI=1S/C29H37N5O2S2/c1-8-29(5,6)20-12-13-21-22(15-30)27(38-24(21)14-20)31-25(35)16-37-28-33-32-26(34(28)7)19(4)36-23-11-9-10-17(2)18(23)3/h9-11,19-20H,8,12-14,16H2,1-7H3,(H,31,35)/t19-,20+/m1/s1. The van der Waals surface area contributed by atoms with E-state index in [4.69, 9.17) is 4.74 Å². The molecule has 2 atom stereocenters. The number of anilines is 1. The van der Waals surface area contributed by atoms with E-state index in [0.29, 0.717) is 27.5 Å². The van der Waals surface area contributed by atoms with Gasteiger partial charge in [-0.15, -0.1) is 21.5 Å². The monoisotopic (exact) mass is 551 g/mol. The molecule has 0 fully saturated rings. The lowest BCUT2D eigenvalue weighted by atomic mass is 9.69. The molecule has 0 saturated carbocycles. The summed E-state index contributed by atoms with van der Waals surface area (Å²) >= 11 is 2.89. The van der Waals surface area contributed by atoms with Gasteiger partial charge >= 0.3 is 0 Å². The van der Waals surface area contributed by atoms with Gasteiger partial charge in [-0.1, -0.05) is 51.1 Å². The molecule has 2 aromatic heterocycles. The molecule has 3 aromatic rings. The van der Waals surface area contributed by atoms with Gasteiger partial charge in [0.2, 0.25) is 5.91 Å². The molecule has 1 aliphatic carbocycles. The highest BCUT2D eigenvalue weighted by atomic mass is 32.2. The van der Waals surface area contributed by atoms with Crippen molar-refractivity contribution in [2.24, 2.45) is 18.4 Å². The Labute approximate surface area is 234 Å². The van der Waals surface area contributed by atoms with Crippen LogP contribution in [0.25, 0.3) is 0 Å². The summed E-state index contributed by atoms with van der Waals surface area (Å²) in [6.07, 6.45) is 3.79. The quantitative estimate of drug-likeness (QED) is 0.295. The Morgan fingerprint density at radius 2 is 2.13 bits per heavy atom. The van der Waals surface area contributed by atoms with Crippen molar-refractivity contribution in [3.63, 3.8) is 0 Å². The topological polar surface area (TPSA) is 92.8 Å². The molecule has 0 unspecified atom stereocenters. The molecule has 2 heterocycles. The van der Waals surface area contributed by atoms with Gasteiger partial charge in [-0.05, 0) is 74.1 Å². The van der Waals surface area contributed by atoms with Crippen LogP contribution in [0.2, 0.25) is 0 Å². The number of carbonyl (C=O) groups is 1. The molecule has 0 radical (unpaired) electrons. The summed E-state index contributed by atoms with van der Waals surface area (Å²) < 4.78 is 8.04. The predicted octanol–water partition coefficient (Wildman–Crippen LogP) is 6.78. The normalized spacial score (nSPS) is 16.0. The van der Waals surface area contributed by atoms with Crippen LogP contribution in [0.5, 0.6) is 5.75 Å². The van der Waals surface area contributed by atoms with E-state index in [2.05, 4.69) is 55.3 Å². The number of nitrogens with one attached hydrogen (secondary N) is 1. The van der Waals surface area contributed by atoms with E-state index in [1.165, 1.54) is 22.2 Å². The van der Waals surface area contributed by atoms with Crippen molar-refractivity contribution in [2.45, 2.75) is 78.5 Å². The number of nitriles is 1. The number of ether oxygens (including phenoxy) is 1. The molecule has 1 aliphatic rings. The van der Waals surface area contributed by atoms with E-state index in [9.17, 15) is 10.1 Å². The lowest BCUT2D eigenvalue weighted by Crippen LogP contribution is -2.28. The third-order valence-electron chi connectivity index (χ3n) is 8.07. The van der Waals surface area contributed by atoms with Gasteiger partial charge in [-0.25, -0.2) is 0 Å². The van der Waals surface area contributed by atoms with Crippen molar-refractivity contribution in [3.05, 3.63) is 51.2 Å². The van der Waals surface area contributed by atoms with Gasteiger partial charge in [0, 0.05) is 11.9 Å². The minimum atomic E-state index is -0.298. The van der Waals surface area contributed by atoms with Gasteiger partial charge in [-0.3, -0.25) is 4.79 Å². The van der Waals surface area contributed by atoms with Crippen LogP contribution in [0.3, 0.4) is 0 Å². The van der Waals surface area contributed by atoms with E-state index in [0.717, 1.165) is 42.6 Å². The van der Waals surface area contributed by atoms with Crippen molar-refractivity contribution < 1.29 is 9.53 Å². The third-order valence-corrected chi connectivity index (χ3v) is 10.3. The SMILES string of the molecule is CCC(C)(C)[C@H]1CCc2c(sc(NC(=O)CSc3nnc([C@@H](C)Oc4cccc(C)c4C)n3C)c2C#N)C1. The fourth-order valence-electron chi connectivity index (χ4n) is 4.94. The van der Waals surface area contributed by atoms with Gasteiger partial charge in [-0.2, -0.15) is 5.26 Å². The second-order valence-corrected chi connectivity index (χ2v) is 12.8. The summed E-state index contributed by atoms with van der Waals surface area (Å²) in [5.41, 5.74) is 4.30. The van der Waals surface area contributed by atoms with Gasteiger partial charge in [0.25, 0.3) is 0 Å². The summed E-state index contributed by atoms with van der Waals surface area (Å²) in [6.45, 7) is 12.9. The van der Waals surface area contributed by atoms with Gasteiger partial charge in [0.1, 0.15) is 16.8 Å². The van der Waals surface area contributed by atoms with E-state index in [1.54, 1.807) is 11.3 Å². The summed E-state index contributed by atoms with van der Waals surface area (Å²) in [5.74, 6) is 2.13. The van der Waals surface area contributed by atoms with Crippen molar-refractivity contribution in [1.82, 2.24) is 14.8 Å². The maximum Gasteiger partial charge on any atom is 0.235 e. The molecular formula is C29H37N5O2S2. The van der Waals surface area contributed by atoms with Crippen LogP contribution < -0.4 is 10.1 Å². The van der Waals surface area contributed by atoms with Gasteiger partial charge in [0.05, 0.1) is 11.3 Å². The number of carbonyl (C=O) groups excluding carboxylic acids is 1. The highest BCUT2D eigenvalue weighted by molar-refractivity contribution is 7.99. The van der Waals surface area contributed by atoms with E-state index < -0.39 is 0 Å². The summed E-state index contributed by atoms with van der Waals surface area (Å²) in [7, 11) is 1.88. The summed E-state index contributed by atoms with van der Waals surface area (Å²) in [4.78, 5) is 14.1. The molecule has 1 aromatic carbocycles. The fourth-order valence-corrected chi connectivity index (χ4v) is 6.95. The van der Waals surface area contributed by atoms with Crippen LogP contribution in [-0.2, 0) is 24.7 Å². The first kappa shape index (κ1) is 28.2. The maximum atomic E-state index is 12.9. The Hall–Kier alpha value is -2.83. The first-order valence-corrected chi connectivity index (χ1v) is 14.9. The highest BCUT2D eigenvalue weighted by Crippen LogP contribution is 2.45. The van der Waals surface area contributed by atoms with Crippen LogP contribution in [0.1, 0.15) is 79.6 Å². The molecule has 4 rings (SSSR count). The molecule has 1 amide bonds. The molecule has 0 saturated heterocycles. The number of aromatic nitrogens is 3. The molecule has 1 N–H and O–H groups in total. The zero-order valence-electron chi connectivity index (χ0n) is 23.3. The summed E-state index contributed by atoms with van der Waals surface area (Å²) in [5, 5.41) is 22.8. The molecule has 202 valence electrons. The zero-order valence-corrected chi connectivity index (χ0v) is 25.0. The Kier molecular flexibility index (Phi) is 8.53. The fraction of sp³-hybridized carbons (Fsp3) is 0.517. The maximum absolute atomic E-state index is 12.9. The average molecular weight is 552 g/mol. The van der Waals surface area contributed by atoms with E-state index >= 15 is 0 Å². The van der Waals surface area contributed by atoms with Crippen LogP contribution in [0.15, 0.2) is 23.4 Å². The first-order chi connectivity index (χ1) is 18.1.